The molecule has 1 saturated heterocycles. The molecule has 2 heterocycles. The zero-order chi connectivity index (χ0) is 17.2. The topological polar surface area (TPSA) is 72.4 Å². The van der Waals surface area contributed by atoms with Gasteiger partial charge in [-0.25, -0.2) is 22.8 Å². The first-order valence-corrected chi connectivity index (χ1v) is 9.58. The molecule has 0 bridgehead atoms. The quantitative estimate of drug-likeness (QED) is 0.767. The van der Waals surface area contributed by atoms with Crippen LogP contribution in [0.25, 0.3) is 0 Å². The number of hydrogen-bond donors (Lipinski definition) is 0. The van der Waals surface area contributed by atoms with Gasteiger partial charge in [0.2, 0.25) is 10.0 Å². The van der Waals surface area contributed by atoms with Crippen LogP contribution in [0.3, 0.4) is 0 Å². The lowest BCUT2D eigenvalue weighted by Crippen LogP contribution is -2.44. The van der Waals surface area contributed by atoms with E-state index in [0.29, 0.717) is 19.4 Å². The van der Waals surface area contributed by atoms with Gasteiger partial charge in [-0.1, -0.05) is 15.9 Å². The molecule has 1 atom stereocenters. The Kier molecular flexibility index (Phi) is 5.12. The molecule has 0 radical (unpaired) electrons. The Balaban J connectivity index is 1.72. The van der Waals surface area contributed by atoms with Crippen LogP contribution in [-0.2, 0) is 10.0 Å². The van der Waals surface area contributed by atoms with E-state index < -0.39 is 15.8 Å². The van der Waals surface area contributed by atoms with Crippen molar-refractivity contribution < 1.29 is 17.5 Å². The number of rotatable bonds is 4. The average molecular weight is 416 g/mol. The van der Waals surface area contributed by atoms with E-state index in [1.54, 1.807) is 24.3 Å². The number of aromatic nitrogens is 2. The van der Waals surface area contributed by atoms with Gasteiger partial charge < -0.3 is 4.74 Å². The van der Waals surface area contributed by atoms with Crippen molar-refractivity contribution in [3.8, 4) is 6.01 Å². The lowest BCUT2D eigenvalue weighted by Gasteiger charge is -2.31. The second kappa shape index (κ2) is 7.12. The smallest absolute Gasteiger partial charge is 0.316 e. The van der Waals surface area contributed by atoms with E-state index in [-0.39, 0.29) is 23.6 Å². The number of sulfonamides is 1. The highest BCUT2D eigenvalue weighted by Crippen LogP contribution is 2.23. The van der Waals surface area contributed by atoms with Gasteiger partial charge in [0.1, 0.15) is 6.10 Å². The van der Waals surface area contributed by atoms with E-state index in [0.717, 1.165) is 16.9 Å². The monoisotopic (exact) mass is 415 g/mol. The minimum atomic E-state index is -3.58. The summed E-state index contributed by atoms with van der Waals surface area (Å²) in [6, 6.07) is 6.55. The first kappa shape index (κ1) is 17.2. The Labute approximate surface area is 147 Å². The van der Waals surface area contributed by atoms with Crippen LogP contribution in [0, 0.1) is 5.82 Å². The van der Waals surface area contributed by atoms with Gasteiger partial charge in [0.25, 0.3) is 0 Å². The van der Waals surface area contributed by atoms with Gasteiger partial charge in [0.05, 0.1) is 23.8 Å². The van der Waals surface area contributed by atoms with Crippen LogP contribution in [0.5, 0.6) is 6.01 Å². The predicted molar refractivity (Wildman–Crippen MR) is 88.5 cm³/mol. The van der Waals surface area contributed by atoms with Gasteiger partial charge in [-0.15, -0.1) is 0 Å². The van der Waals surface area contributed by atoms with E-state index in [2.05, 4.69) is 25.9 Å². The van der Waals surface area contributed by atoms with E-state index in [9.17, 15) is 12.8 Å². The second-order valence-corrected chi connectivity index (χ2v) is 8.24. The maximum absolute atomic E-state index is 12.8. The molecule has 1 aromatic carbocycles. The van der Waals surface area contributed by atoms with Gasteiger partial charge in [0.15, 0.2) is 5.82 Å². The summed E-state index contributed by atoms with van der Waals surface area (Å²) in [6.45, 7) is 0.641. The summed E-state index contributed by atoms with van der Waals surface area (Å²) in [5, 5.41) is 0. The third-order valence-electron chi connectivity index (χ3n) is 3.66. The normalized spacial score (nSPS) is 19.2. The van der Waals surface area contributed by atoms with E-state index >= 15 is 0 Å². The van der Waals surface area contributed by atoms with Crippen LogP contribution in [0.1, 0.15) is 12.8 Å². The lowest BCUT2D eigenvalue weighted by atomic mass is 10.1. The van der Waals surface area contributed by atoms with Crippen LogP contribution in [-0.4, -0.2) is 41.9 Å². The van der Waals surface area contributed by atoms with Crippen LogP contribution in [0.15, 0.2) is 46.0 Å². The fourth-order valence-electron chi connectivity index (χ4n) is 2.49. The molecule has 6 nitrogen and oxygen atoms in total. The number of halogens is 2. The average Bonchev–Trinajstić information content (AvgIpc) is 2.58. The van der Waals surface area contributed by atoms with Gasteiger partial charge in [-0.3, -0.25) is 0 Å². The van der Waals surface area contributed by atoms with Crippen molar-refractivity contribution in [2.45, 2.75) is 23.8 Å². The van der Waals surface area contributed by atoms with E-state index in [1.807, 2.05) is 0 Å². The molecule has 9 heteroatoms. The molecule has 0 aliphatic carbocycles. The Morgan fingerprint density at radius 3 is 2.54 bits per heavy atom. The molecule has 0 N–H and O–H groups in total. The third kappa shape index (κ3) is 3.90. The summed E-state index contributed by atoms with van der Waals surface area (Å²) in [6.07, 6.45) is 3.02. The first-order valence-electron chi connectivity index (χ1n) is 7.35. The lowest BCUT2D eigenvalue weighted by molar-refractivity contribution is 0.119. The maximum atomic E-state index is 12.8. The summed E-state index contributed by atoms with van der Waals surface area (Å²) >= 11 is 3.29. The van der Waals surface area contributed by atoms with Crippen molar-refractivity contribution in [1.82, 2.24) is 14.3 Å². The minimum Gasteiger partial charge on any atom is -0.459 e. The summed E-state index contributed by atoms with van der Waals surface area (Å²) in [5.41, 5.74) is 0. The van der Waals surface area contributed by atoms with Crippen molar-refractivity contribution >= 4 is 26.0 Å². The molecule has 24 heavy (non-hydrogen) atoms. The first-order chi connectivity index (χ1) is 11.4. The summed E-state index contributed by atoms with van der Waals surface area (Å²) in [7, 11) is -3.58. The molecule has 128 valence electrons. The van der Waals surface area contributed by atoms with Crippen molar-refractivity contribution in [2.75, 3.05) is 13.1 Å². The molecule has 0 saturated carbocycles. The molecule has 1 fully saturated rings. The van der Waals surface area contributed by atoms with Gasteiger partial charge in [0, 0.05) is 11.0 Å². The number of nitrogens with zero attached hydrogens (tertiary/aromatic N) is 3. The van der Waals surface area contributed by atoms with Crippen molar-refractivity contribution in [3.63, 3.8) is 0 Å². The molecular weight excluding hydrogens is 401 g/mol. The molecule has 1 aromatic heterocycles. The van der Waals surface area contributed by atoms with Crippen molar-refractivity contribution in [1.29, 1.82) is 0 Å². The fraction of sp³-hybridized carbons (Fsp3) is 0.333. The van der Waals surface area contributed by atoms with Crippen molar-refractivity contribution in [2.24, 2.45) is 0 Å². The molecule has 2 aromatic rings. The molecule has 1 aliphatic rings. The molecule has 0 spiro atoms. The maximum Gasteiger partial charge on any atom is 0.316 e. The molecule has 0 amide bonds. The highest BCUT2D eigenvalue weighted by Gasteiger charge is 2.31. The number of hydrogen-bond acceptors (Lipinski definition) is 5. The highest BCUT2D eigenvalue weighted by molar-refractivity contribution is 9.10. The van der Waals surface area contributed by atoms with E-state index in [1.165, 1.54) is 4.31 Å². The predicted octanol–water partition coefficient (Wildman–Crippen LogP) is 2.61. The van der Waals surface area contributed by atoms with Crippen molar-refractivity contribution in [3.05, 3.63) is 46.9 Å². The van der Waals surface area contributed by atoms with Gasteiger partial charge in [-0.05, 0) is 37.1 Å². The van der Waals surface area contributed by atoms with Crippen LogP contribution >= 0.6 is 15.9 Å². The number of benzene rings is 1. The zero-order valence-corrected chi connectivity index (χ0v) is 15.0. The summed E-state index contributed by atoms with van der Waals surface area (Å²) in [4.78, 5) is 7.73. The fourth-order valence-corrected chi connectivity index (χ4v) is 4.26. The second-order valence-electron chi connectivity index (χ2n) is 5.38. The standard InChI is InChI=1S/C15H15BrFN3O3S/c16-11-3-5-14(6-4-11)24(21,22)20-7-1-2-13(10-20)23-15-18-8-12(17)9-19-15/h3-6,8-9,13H,1-2,7,10H2. The molecule has 3 rings (SSSR count). The summed E-state index contributed by atoms with van der Waals surface area (Å²) < 4.78 is 46.1. The Morgan fingerprint density at radius 2 is 1.88 bits per heavy atom. The van der Waals surface area contributed by atoms with Crippen LogP contribution in [0.4, 0.5) is 4.39 Å². The Hall–Kier alpha value is -1.58. The van der Waals surface area contributed by atoms with Gasteiger partial charge in [-0.2, -0.15) is 4.31 Å². The highest BCUT2D eigenvalue weighted by atomic mass is 79.9. The SMILES string of the molecule is O=S(=O)(c1ccc(Br)cc1)N1CCCC(Oc2ncc(F)cn2)C1. The molecule has 1 unspecified atom stereocenters. The zero-order valence-electron chi connectivity index (χ0n) is 12.6. The molecule has 1 aliphatic heterocycles. The van der Waals surface area contributed by atoms with Crippen LogP contribution in [0.2, 0.25) is 0 Å². The Bertz CT molecular complexity index is 800. The number of ether oxygens (including phenoxy) is 1. The van der Waals surface area contributed by atoms with Crippen LogP contribution < -0.4 is 4.74 Å². The largest absolute Gasteiger partial charge is 0.459 e. The summed E-state index contributed by atoms with van der Waals surface area (Å²) in [5.74, 6) is -0.551. The Morgan fingerprint density at radius 1 is 1.21 bits per heavy atom. The van der Waals surface area contributed by atoms with E-state index in [4.69, 9.17) is 4.74 Å². The minimum absolute atomic E-state index is 0.0456. The molecular formula is C15H15BrFN3O3S. The van der Waals surface area contributed by atoms with Gasteiger partial charge >= 0.3 is 6.01 Å². The third-order valence-corrected chi connectivity index (χ3v) is 6.07. The number of piperidine rings is 1.